The molecule has 0 radical (unpaired) electrons. The van der Waals surface area contributed by atoms with Gasteiger partial charge < -0.3 is 9.84 Å². The van der Waals surface area contributed by atoms with Gasteiger partial charge in [0.25, 0.3) is 0 Å². The third-order valence-electron chi connectivity index (χ3n) is 5.05. The molecule has 0 spiro atoms. The van der Waals surface area contributed by atoms with Crippen molar-refractivity contribution in [2.45, 2.75) is 43.4 Å². The highest BCUT2D eigenvalue weighted by Gasteiger charge is 2.44. The zero-order chi connectivity index (χ0) is 14.1. The number of nitrogens with one attached hydrogen (secondary N) is 1. The predicted octanol–water partition coefficient (Wildman–Crippen LogP) is 3.01. The lowest BCUT2D eigenvalue weighted by atomic mass is 9.64. The second-order valence-electron chi connectivity index (χ2n) is 6.30. The number of nitrogens with zero attached hydrogens (tertiary/aromatic N) is 2. The molecule has 1 aliphatic carbocycles. The van der Waals surface area contributed by atoms with E-state index in [-0.39, 0.29) is 5.41 Å². The molecule has 0 unspecified atom stereocenters. The van der Waals surface area contributed by atoms with Crippen molar-refractivity contribution < 1.29 is 4.52 Å². The first-order chi connectivity index (χ1) is 10.4. The van der Waals surface area contributed by atoms with Crippen molar-refractivity contribution in [1.29, 1.82) is 0 Å². The van der Waals surface area contributed by atoms with Crippen LogP contribution in [0.1, 0.15) is 55.3 Å². The molecule has 4 heteroatoms. The number of benzene rings is 1. The van der Waals surface area contributed by atoms with Gasteiger partial charge in [0.2, 0.25) is 5.89 Å². The summed E-state index contributed by atoms with van der Waals surface area (Å²) in [5, 5.41) is 7.76. The van der Waals surface area contributed by atoms with E-state index < -0.39 is 0 Å². The second kappa shape index (κ2) is 5.26. The number of aromatic nitrogens is 2. The van der Waals surface area contributed by atoms with Crippen molar-refractivity contribution in [3.63, 3.8) is 0 Å². The maximum Gasteiger partial charge on any atom is 0.231 e. The molecule has 2 heterocycles. The fourth-order valence-electron chi connectivity index (χ4n) is 3.59. The highest BCUT2D eigenvalue weighted by atomic mass is 16.5. The van der Waals surface area contributed by atoms with Gasteiger partial charge in [-0.05, 0) is 37.8 Å². The number of hydrogen-bond acceptors (Lipinski definition) is 4. The van der Waals surface area contributed by atoms with Crippen molar-refractivity contribution in [3.8, 4) is 0 Å². The van der Waals surface area contributed by atoms with Crippen molar-refractivity contribution in [3.05, 3.63) is 47.6 Å². The lowest BCUT2D eigenvalue weighted by Gasteiger charge is -2.39. The van der Waals surface area contributed by atoms with Crippen LogP contribution in [0.4, 0.5) is 0 Å². The van der Waals surface area contributed by atoms with Crippen LogP contribution in [0.15, 0.2) is 34.9 Å². The molecule has 0 bridgehead atoms. The predicted molar refractivity (Wildman–Crippen MR) is 80.2 cm³/mol. The van der Waals surface area contributed by atoms with Gasteiger partial charge in [-0.1, -0.05) is 41.9 Å². The van der Waals surface area contributed by atoms with Crippen molar-refractivity contribution >= 4 is 0 Å². The maximum absolute atomic E-state index is 5.61. The molecule has 4 nitrogen and oxygen atoms in total. The van der Waals surface area contributed by atoms with E-state index in [4.69, 9.17) is 9.51 Å². The Morgan fingerprint density at radius 3 is 2.67 bits per heavy atom. The van der Waals surface area contributed by atoms with Crippen LogP contribution in [0.2, 0.25) is 0 Å². The number of rotatable bonds is 3. The van der Waals surface area contributed by atoms with Crippen LogP contribution in [-0.4, -0.2) is 23.2 Å². The lowest BCUT2D eigenvalue weighted by molar-refractivity contribution is 0.267. The van der Waals surface area contributed by atoms with Gasteiger partial charge in [-0.15, -0.1) is 0 Å². The first-order valence-corrected chi connectivity index (χ1v) is 7.99. The van der Waals surface area contributed by atoms with Gasteiger partial charge in [0.1, 0.15) is 0 Å². The monoisotopic (exact) mass is 283 g/mol. The quantitative estimate of drug-likeness (QED) is 0.940. The summed E-state index contributed by atoms with van der Waals surface area (Å²) in [6, 6.07) is 10.6. The van der Waals surface area contributed by atoms with Crippen LogP contribution < -0.4 is 5.32 Å². The minimum atomic E-state index is -0.00882. The normalized spacial score (nSPS) is 24.5. The van der Waals surface area contributed by atoms with E-state index in [9.17, 15) is 0 Å². The summed E-state index contributed by atoms with van der Waals surface area (Å²) in [6.07, 6.45) is 5.82. The molecular formula is C17H21N3O. The summed E-state index contributed by atoms with van der Waals surface area (Å²) in [5.74, 6) is 2.09. The number of piperidine rings is 1. The Kier molecular flexibility index (Phi) is 3.26. The van der Waals surface area contributed by atoms with E-state index in [0.29, 0.717) is 5.92 Å². The molecule has 1 saturated heterocycles. The van der Waals surface area contributed by atoms with Gasteiger partial charge in [-0.3, -0.25) is 0 Å². The fraction of sp³-hybridized carbons (Fsp3) is 0.529. The van der Waals surface area contributed by atoms with Crippen LogP contribution in [0, 0.1) is 0 Å². The molecular weight excluding hydrogens is 262 g/mol. The van der Waals surface area contributed by atoms with Crippen LogP contribution in [0.25, 0.3) is 0 Å². The van der Waals surface area contributed by atoms with E-state index in [1.165, 1.54) is 18.4 Å². The van der Waals surface area contributed by atoms with Gasteiger partial charge in [0, 0.05) is 6.54 Å². The Bertz CT molecular complexity index is 598. The maximum atomic E-state index is 5.61. The van der Waals surface area contributed by atoms with E-state index in [1.807, 2.05) is 0 Å². The van der Waals surface area contributed by atoms with Crippen LogP contribution in [0.3, 0.4) is 0 Å². The second-order valence-corrected chi connectivity index (χ2v) is 6.30. The average molecular weight is 283 g/mol. The molecule has 2 fully saturated rings. The Hall–Kier alpha value is -1.68. The third kappa shape index (κ3) is 2.18. The SMILES string of the molecule is c1ccc(C2(c3noc([C@H]4CCCNC4)n3)CCC2)cc1. The smallest absolute Gasteiger partial charge is 0.231 e. The molecule has 1 atom stereocenters. The molecule has 2 aromatic rings. The molecule has 4 rings (SSSR count). The van der Waals surface area contributed by atoms with Crippen molar-refractivity contribution in [1.82, 2.24) is 15.5 Å². The van der Waals surface area contributed by atoms with E-state index in [2.05, 4.69) is 40.8 Å². The van der Waals surface area contributed by atoms with Gasteiger partial charge in [0.15, 0.2) is 5.82 Å². The molecule has 2 aliphatic rings. The summed E-state index contributed by atoms with van der Waals surface area (Å²) in [4.78, 5) is 4.79. The molecule has 1 aromatic carbocycles. The lowest BCUT2D eigenvalue weighted by Crippen LogP contribution is -2.36. The summed E-state index contributed by atoms with van der Waals surface area (Å²) in [6.45, 7) is 2.06. The third-order valence-corrected chi connectivity index (χ3v) is 5.05. The Morgan fingerprint density at radius 2 is 2.00 bits per heavy atom. The summed E-state index contributed by atoms with van der Waals surface area (Å²) in [5.41, 5.74) is 1.32. The summed E-state index contributed by atoms with van der Waals surface area (Å²) >= 11 is 0. The van der Waals surface area contributed by atoms with E-state index >= 15 is 0 Å². The van der Waals surface area contributed by atoms with Gasteiger partial charge in [-0.25, -0.2) is 0 Å². The topological polar surface area (TPSA) is 51.0 Å². The van der Waals surface area contributed by atoms with Gasteiger partial charge in [0.05, 0.1) is 11.3 Å². The Balaban J connectivity index is 1.64. The first kappa shape index (κ1) is 13.0. The van der Waals surface area contributed by atoms with Crippen LogP contribution in [-0.2, 0) is 5.41 Å². The molecule has 1 saturated carbocycles. The summed E-state index contributed by atoms with van der Waals surface area (Å²) in [7, 11) is 0. The van der Waals surface area contributed by atoms with E-state index in [0.717, 1.165) is 44.1 Å². The van der Waals surface area contributed by atoms with E-state index in [1.54, 1.807) is 0 Å². The van der Waals surface area contributed by atoms with Crippen molar-refractivity contribution in [2.24, 2.45) is 0 Å². The standard InChI is InChI=1S/C17H21N3O/c1-2-7-14(8-3-1)17(9-5-10-17)16-19-15(21-20-16)13-6-4-11-18-12-13/h1-3,7-8,13,18H,4-6,9-12H2/t13-/m0/s1. The van der Waals surface area contributed by atoms with Crippen LogP contribution in [0.5, 0.6) is 0 Å². The van der Waals surface area contributed by atoms with Crippen molar-refractivity contribution in [2.75, 3.05) is 13.1 Å². The molecule has 110 valence electrons. The molecule has 21 heavy (non-hydrogen) atoms. The minimum absolute atomic E-state index is 0.00882. The Morgan fingerprint density at radius 1 is 1.14 bits per heavy atom. The summed E-state index contributed by atoms with van der Waals surface area (Å²) < 4.78 is 5.61. The zero-order valence-corrected chi connectivity index (χ0v) is 12.2. The highest BCUT2D eigenvalue weighted by molar-refractivity contribution is 5.35. The molecule has 1 aliphatic heterocycles. The molecule has 0 amide bonds. The molecule has 1 aromatic heterocycles. The number of hydrogen-bond donors (Lipinski definition) is 1. The zero-order valence-electron chi connectivity index (χ0n) is 12.2. The Labute approximate surface area is 124 Å². The van der Waals surface area contributed by atoms with Crippen LogP contribution >= 0.6 is 0 Å². The highest BCUT2D eigenvalue weighted by Crippen LogP contribution is 2.47. The first-order valence-electron chi connectivity index (χ1n) is 7.99. The fourth-order valence-corrected chi connectivity index (χ4v) is 3.59. The van der Waals surface area contributed by atoms with Gasteiger partial charge in [-0.2, -0.15) is 4.98 Å². The minimum Gasteiger partial charge on any atom is -0.339 e. The van der Waals surface area contributed by atoms with Gasteiger partial charge >= 0.3 is 0 Å². The largest absolute Gasteiger partial charge is 0.339 e. The molecule has 1 N–H and O–H groups in total. The average Bonchev–Trinajstić information content (AvgIpc) is 2.98.